The number of carbonyl (C=O) groups is 1. The highest BCUT2D eigenvalue weighted by atomic mass is 16.3. The average molecular weight is 319 g/mol. The molecule has 0 amide bonds. The lowest BCUT2D eigenvalue weighted by Crippen LogP contribution is -2.41. The molecule has 3 heteroatoms. The van der Waals surface area contributed by atoms with Gasteiger partial charge in [0.05, 0.1) is 23.8 Å². The Labute approximate surface area is 142 Å². The normalized spacial score (nSPS) is 25.7. The Morgan fingerprint density at radius 1 is 1.08 bits per heavy atom. The highest BCUT2D eigenvalue weighted by Crippen LogP contribution is 2.45. The van der Waals surface area contributed by atoms with Crippen molar-refractivity contribution in [3.63, 3.8) is 0 Å². The van der Waals surface area contributed by atoms with Gasteiger partial charge < -0.3 is 4.42 Å². The molecular formula is C21H21NO2. The first-order valence-electron chi connectivity index (χ1n) is 8.44. The zero-order valence-electron chi connectivity index (χ0n) is 14.0. The monoisotopic (exact) mass is 319 g/mol. The topological polar surface area (TPSA) is 42.6 Å². The lowest BCUT2D eigenvalue weighted by atomic mass is 9.66. The van der Waals surface area contributed by atoms with Gasteiger partial charge in [0.25, 0.3) is 0 Å². The van der Waals surface area contributed by atoms with E-state index in [1.165, 1.54) is 0 Å². The van der Waals surface area contributed by atoms with Crippen molar-refractivity contribution >= 4 is 17.2 Å². The Morgan fingerprint density at radius 3 is 2.58 bits per heavy atom. The van der Waals surface area contributed by atoms with Gasteiger partial charge in [0.1, 0.15) is 11.5 Å². The maximum absolute atomic E-state index is 12.8. The molecule has 4 rings (SSSR count). The van der Waals surface area contributed by atoms with Crippen molar-refractivity contribution in [1.29, 1.82) is 0 Å². The molecule has 24 heavy (non-hydrogen) atoms. The van der Waals surface area contributed by atoms with E-state index >= 15 is 0 Å². The largest absolute Gasteiger partial charge is 0.469 e. The highest BCUT2D eigenvalue weighted by molar-refractivity contribution is 6.11. The van der Waals surface area contributed by atoms with E-state index in [4.69, 9.17) is 9.41 Å². The van der Waals surface area contributed by atoms with Crippen molar-refractivity contribution in [1.82, 2.24) is 0 Å². The van der Waals surface area contributed by atoms with E-state index in [1.54, 1.807) is 6.26 Å². The number of benzene rings is 1. The van der Waals surface area contributed by atoms with E-state index in [1.807, 2.05) is 30.3 Å². The molecule has 2 heterocycles. The number of nitrogens with zero attached hydrogens (tertiary/aromatic N) is 1. The van der Waals surface area contributed by atoms with E-state index in [0.29, 0.717) is 6.42 Å². The minimum Gasteiger partial charge on any atom is -0.469 e. The lowest BCUT2D eigenvalue weighted by Gasteiger charge is -2.38. The van der Waals surface area contributed by atoms with Gasteiger partial charge in [-0.15, -0.1) is 0 Å². The quantitative estimate of drug-likeness (QED) is 0.793. The Morgan fingerprint density at radius 2 is 1.88 bits per heavy atom. The van der Waals surface area contributed by atoms with E-state index in [2.05, 4.69) is 32.1 Å². The Bertz CT molecular complexity index is 813. The minimum absolute atomic E-state index is 0.0285. The summed E-state index contributed by atoms with van der Waals surface area (Å²) in [5.41, 5.74) is 2.99. The molecule has 1 aromatic carbocycles. The fourth-order valence-corrected chi connectivity index (χ4v) is 3.90. The SMILES string of the molecule is CC1(C)CC(=O)C2C(=NC(c3ccccc3)=CC2c2ccco2)C1. The Hall–Kier alpha value is -2.42. The van der Waals surface area contributed by atoms with Crippen molar-refractivity contribution < 1.29 is 9.21 Å². The number of hydrogen-bond acceptors (Lipinski definition) is 3. The maximum Gasteiger partial charge on any atom is 0.143 e. The van der Waals surface area contributed by atoms with Crippen molar-refractivity contribution in [2.75, 3.05) is 0 Å². The van der Waals surface area contributed by atoms with Crippen LogP contribution in [0.5, 0.6) is 0 Å². The first kappa shape index (κ1) is 15.1. The van der Waals surface area contributed by atoms with Crippen LogP contribution < -0.4 is 0 Å². The van der Waals surface area contributed by atoms with Crippen LogP contribution in [0.25, 0.3) is 5.70 Å². The zero-order chi connectivity index (χ0) is 16.7. The van der Waals surface area contributed by atoms with Gasteiger partial charge >= 0.3 is 0 Å². The smallest absolute Gasteiger partial charge is 0.143 e. The van der Waals surface area contributed by atoms with Gasteiger partial charge in [0, 0.05) is 12.1 Å². The van der Waals surface area contributed by atoms with E-state index in [9.17, 15) is 4.79 Å². The third-order valence-corrected chi connectivity index (χ3v) is 4.92. The third-order valence-electron chi connectivity index (χ3n) is 4.92. The first-order valence-corrected chi connectivity index (χ1v) is 8.44. The summed E-state index contributed by atoms with van der Waals surface area (Å²) < 4.78 is 5.65. The van der Waals surface area contributed by atoms with Gasteiger partial charge in [-0.3, -0.25) is 9.79 Å². The summed E-state index contributed by atoms with van der Waals surface area (Å²) in [5, 5.41) is 0. The average Bonchev–Trinajstić information content (AvgIpc) is 3.07. The van der Waals surface area contributed by atoms with Crippen molar-refractivity contribution in [2.45, 2.75) is 32.6 Å². The summed E-state index contributed by atoms with van der Waals surface area (Å²) in [4.78, 5) is 17.7. The van der Waals surface area contributed by atoms with Crippen LogP contribution in [0.1, 0.15) is 43.9 Å². The third kappa shape index (κ3) is 2.64. The standard InChI is InChI=1S/C21H21NO2/c1-21(2)12-17-20(18(23)13-21)15(19-9-6-10-24-19)11-16(22-17)14-7-4-3-5-8-14/h3-11,15,20H,12-13H2,1-2H3. The summed E-state index contributed by atoms with van der Waals surface area (Å²) in [6.07, 6.45) is 5.22. The number of ketones is 1. The molecule has 1 aliphatic carbocycles. The lowest BCUT2D eigenvalue weighted by molar-refractivity contribution is -0.124. The van der Waals surface area contributed by atoms with E-state index in [-0.39, 0.29) is 23.0 Å². The Balaban J connectivity index is 1.83. The number of hydrogen-bond donors (Lipinski definition) is 0. The molecular weight excluding hydrogens is 298 g/mol. The predicted molar refractivity (Wildman–Crippen MR) is 94.8 cm³/mol. The van der Waals surface area contributed by atoms with Crippen LogP contribution >= 0.6 is 0 Å². The van der Waals surface area contributed by atoms with Crippen LogP contribution in [0.4, 0.5) is 0 Å². The van der Waals surface area contributed by atoms with Crippen molar-refractivity contribution in [3.05, 3.63) is 66.1 Å². The van der Waals surface area contributed by atoms with E-state index in [0.717, 1.165) is 29.2 Å². The number of rotatable bonds is 2. The molecule has 1 saturated carbocycles. The molecule has 2 atom stereocenters. The number of aliphatic imine (C=N–C) groups is 1. The van der Waals surface area contributed by atoms with Gasteiger partial charge in [-0.25, -0.2) is 0 Å². The molecule has 0 saturated heterocycles. The number of carbonyl (C=O) groups excluding carboxylic acids is 1. The summed E-state index contributed by atoms with van der Waals surface area (Å²) in [6, 6.07) is 14.0. The Kier molecular flexibility index (Phi) is 3.52. The molecule has 0 bridgehead atoms. The van der Waals surface area contributed by atoms with Gasteiger partial charge in [0.15, 0.2) is 0 Å². The summed E-state index contributed by atoms with van der Waals surface area (Å²) >= 11 is 0. The second-order valence-electron chi connectivity index (χ2n) is 7.52. The van der Waals surface area contributed by atoms with Crippen molar-refractivity contribution in [3.8, 4) is 0 Å². The van der Waals surface area contributed by atoms with Gasteiger partial charge in [-0.05, 0) is 35.6 Å². The van der Waals surface area contributed by atoms with Crippen LogP contribution in [0, 0.1) is 11.3 Å². The number of Topliss-reactive ketones (excluding diaryl/α,β-unsaturated/α-hetero) is 1. The molecule has 0 radical (unpaired) electrons. The molecule has 2 unspecified atom stereocenters. The van der Waals surface area contributed by atoms with Crippen molar-refractivity contribution in [2.24, 2.45) is 16.3 Å². The van der Waals surface area contributed by atoms with Crippen LogP contribution in [0.15, 0.2) is 64.2 Å². The summed E-state index contributed by atoms with van der Waals surface area (Å²) in [5.74, 6) is 0.867. The van der Waals surface area contributed by atoms with E-state index < -0.39 is 0 Å². The second kappa shape index (κ2) is 5.59. The maximum atomic E-state index is 12.8. The van der Waals surface area contributed by atoms with Crippen LogP contribution in [0.3, 0.4) is 0 Å². The predicted octanol–water partition coefficient (Wildman–Crippen LogP) is 4.86. The molecule has 1 aromatic heterocycles. The van der Waals surface area contributed by atoms with Gasteiger partial charge in [0.2, 0.25) is 0 Å². The number of fused-ring (bicyclic) bond motifs is 1. The molecule has 0 N–H and O–H groups in total. The summed E-state index contributed by atoms with van der Waals surface area (Å²) in [7, 11) is 0. The molecule has 122 valence electrons. The van der Waals surface area contributed by atoms with Crippen LogP contribution in [0.2, 0.25) is 0 Å². The molecule has 0 spiro atoms. The van der Waals surface area contributed by atoms with Gasteiger partial charge in [-0.2, -0.15) is 0 Å². The first-order chi connectivity index (χ1) is 11.5. The zero-order valence-corrected chi connectivity index (χ0v) is 14.0. The number of furan rings is 1. The minimum atomic E-state index is -0.184. The molecule has 3 nitrogen and oxygen atoms in total. The molecule has 2 aromatic rings. The summed E-state index contributed by atoms with van der Waals surface area (Å²) in [6.45, 7) is 4.29. The van der Waals surface area contributed by atoms with Crippen LogP contribution in [-0.4, -0.2) is 11.5 Å². The second-order valence-corrected chi connectivity index (χ2v) is 7.52. The van der Waals surface area contributed by atoms with Crippen LogP contribution in [-0.2, 0) is 4.79 Å². The molecule has 1 fully saturated rings. The fourth-order valence-electron chi connectivity index (χ4n) is 3.90. The highest BCUT2D eigenvalue weighted by Gasteiger charge is 2.44. The van der Waals surface area contributed by atoms with Gasteiger partial charge in [-0.1, -0.05) is 44.2 Å². The number of allylic oxidation sites excluding steroid dienone is 1. The molecule has 2 aliphatic rings. The fraction of sp³-hybridized carbons (Fsp3) is 0.333. The molecule has 1 aliphatic heterocycles.